The Kier molecular flexibility index (Phi) is 4.33. The van der Waals surface area contributed by atoms with Gasteiger partial charge in [0.1, 0.15) is 17.1 Å². The maximum atomic E-state index is 12.4. The summed E-state index contributed by atoms with van der Waals surface area (Å²) in [6.45, 7) is 4.05. The van der Waals surface area contributed by atoms with Gasteiger partial charge in [-0.05, 0) is 26.0 Å². The van der Waals surface area contributed by atoms with E-state index in [0.29, 0.717) is 11.3 Å². The summed E-state index contributed by atoms with van der Waals surface area (Å²) in [5.41, 5.74) is 9.80. The Morgan fingerprint density at radius 1 is 1.12 bits per heavy atom. The predicted octanol–water partition coefficient (Wildman–Crippen LogP) is 3.61. The Morgan fingerprint density at radius 2 is 1.79 bits per heavy atom. The van der Waals surface area contributed by atoms with Gasteiger partial charge in [-0.25, -0.2) is 9.48 Å². The van der Waals surface area contributed by atoms with Crippen LogP contribution in [0.3, 0.4) is 0 Å². The minimum absolute atomic E-state index is 0.273. The first-order chi connectivity index (χ1) is 11.6. The van der Waals surface area contributed by atoms with E-state index in [0.717, 1.165) is 16.8 Å². The van der Waals surface area contributed by atoms with Crippen LogP contribution in [0.2, 0.25) is 0 Å². The summed E-state index contributed by atoms with van der Waals surface area (Å²) in [4.78, 5) is 12.4. The van der Waals surface area contributed by atoms with E-state index in [9.17, 15) is 4.79 Å². The van der Waals surface area contributed by atoms with Gasteiger partial charge < -0.3 is 10.5 Å². The summed E-state index contributed by atoms with van der Waals surface area (Å²) in [5, 5.41) is 4.57. The molecule has 0 aliphatic heterocycles. The fourth-order valence-corrected chi connectivity index (χ4v) is 2.52. The van der Waals surface area contributed by atoms with Crippen molar-refractivity contribution in [2.45, 2.75) is 13.8 Å². The largest absolute Gasteiger partial charge is 0.462 e. The molecule has 122 valence electrons. The van der Waals surface area contributed by atoms with Gasteiger partial charge in [-0.1, -0.05) is 48.0 Å². The number of carbonyl (C=O) groups is 1. The van der Waals surface area contributed by atoms with E-state index in [-0.39, 0.29) is 12.4 Å². The number of nitrogens with two attached hydrogens (primary N) is 1. The van der Waals surface area contributed by atoms with Gasteiger partial charge >= 0.3 is 5.97 Å². The normalized spacial score (nSPS) is 10.6. The van der Waals surface area contributed by atoms with Crippen LogP contribution >= 0.6 is 0 Å². The third-order valence-electron chi connectivity index (χ3n) is 3.73. The van der Waals surface area contributed by atoms with Crippen molar-refractivity contribution < 1.29 is 9.53 Å². The molecule has 3 aromatic rings. The molecule has 0 unspecified atom stereocenters. The van der Waals surface area contributed by atoms with Crippen LogP contribution < -0.4 is 5.73 Å². The Bertz CT molecular complexity index is 852. The number of hydrogen-bond donors (Lipinski definition) is 1. The highest BCUT2D eigenvalue weighted by molar-refractivity contribution is 6.01. The molecule has 5 nitrogen and oxygen atoms in total. The van der Waals surface area contributed by atoms with E-state index in [1.165, 1.54) is 0 Å². The molecule has 0 atom stereocenters. The topological polar surface area (TPSA) is 70.1 Å². The van der Waals surface area contributed by atoms with Crippen LogP contribution in [-0.4, -0.2) is 22.4 Å². The summed E-state index contributed by atoms with van der Waals surface area (Å²) in [7, 11) is 0. The second-order valence-electron chi connectivity index (χ2n) is 5.44. The maximum absolute atomic E-state index is 12.4. The highest BCUT2D eigenvalue weighted by Gasteiger charge is 2.24. The number of nitrogens with zero attached hydrogens (tertiary/aromatic N) is 2. The Morgan fingerprint density at radius 3 is 2.42 bits per heavy atom. The average molecular weight is 321 g/mol. The van der Waals surface area contributed by atoms with E-state index in [1.54, 1.807) is 11.6 Å². The smallest absolute Gasteiger partial charge is 0.344 e. The molecule has 0 aliphatic rings. The number of ether oxygens (including phenoxy) is 1. The molecule has 2 N–H and O–H groups in total. The van der Waals surface area contributed by atoms with Crippen molar-refractivity contribution in [2.24, 2.45) is 0 Å². The lowest BCUT2D eigenvalue weighted by molar-refractivity contribution is 0.0528. The van der Waals surface area contributed by atoms with Crippen molar-refractivity contribution in [3.8, 4) is 16.9 Å². The Balaban J connectivity index is 2.19. The van der Waals surface area contributed by atoms with E-state index in [2.05, 4.69) is 5.10 Å². The monoisotopic (exact) mass is 321 g/mol. The van der Waals surface area contributed by atoms with Crippen molar-refractivity contribution in [3.05, 3.63) is 65.7 Å². The first kappa shape index (κ1) is 15.8. The average Bonchev–Trinajstić information content (AvgIpc) is 2.94. The van der Waals surface area contributed by atoms with E-state index >= 15 is 0 Å². The minimum atomic E-state index is -0.465. The zero-order chi connectivity index (χ0) is 17.1. The van der Waals surface area contributed by atoms with Crippen LogP contribution in [0.15, 0.2) is 54.6 Å². The highest BCUT2D eigenvalue weighted by Crippen LogP contribution is 2.30. The number of anilines is 1. The number of carbonyl (C=O) groups excluding carboxylic acids is 1. The molecule has 0 aliphatic carbocycles. The number of rotatable bonds is 4. The number of esters is 1. The van der Waals surface area contributed by atoms with Crippen LogP contribution in [0.4, 0.5) is 5.82 Å². The van der Waals surface area contributed by atoms with Crippen LogP contribution in [0.1, 0.15) is 22.8 Å². The van der Waals surface area contributed by atoms with Gasteiger partial charge in [-0.2, -0.15) is 5.10 Å². The molecule has 0 fully saturated rings. The van der Waals surface area contributed by atoms with Crippen LogP contribution in [0.5, 0.6) is 0 Å². The molecule has 0 saturated heterocycles. The van der Waals surface area contributed by atoms with Gasteiger partial charge in [0.25, 0.3) is 0 Å². The molecule has 0 bridgehead atoms. The third kappa shape index (κ3) is 2.88. The molecule has 2 aromatic carbocycles. The van der Waals surface area contributed by atoms with Gasteiger partial charge in [0.05, 0.1) is 12.3 Å². The summed E-state index contributed by atoms with van der Waals surface area (Å²) in [5.74, 6) is -0.192. The SMILES string of the molecule is CCOC(=O)c1c(-c2ccc(C)cc2)nn(-c2ccccc2)c1N. The molecule has 0 amide bonds. The molecular weight excluding hydrogens is 302 g/mol. The number of hydrogen-bond acceptors (Lipinski definition) is 4. The highest BCUT2D eigenvalue weighted by atomic mass is 16.5. The molecule has 1 heterocycles. The number of aromatic nitrogens is 2. The molecule has 3 rings (SSSR count). The van der Waals surface area contributed by atoms with Crippen LogP contribution in [0.25, 0.3) is 16.9 Å². The van der Waals surface area contributed by atoms with Crippen molar-refractivity contribution in [2.75, 3.05) is 12.3 Å². The number of aryl methyl sites for hydroxylation is 1. The molecule has 1 aromatic heterocycles. The van der Waals surface area contributed by atoms with Gasteiger partial charge in [0.15, 0.2) is 0 Å². The molecular formula is C19H19N3O2. The minimum Gasteiger partial charge on any atom is -0.462 e. The van der Waals surface area contributed by atoms with Gasteiger partial charge in [0, 0.05) is 5.56 Å². The predicted molar refractivity (Wildman–Crippen MR) is 94.1 cm³/mol. The van der Waals surface area contributed by atoms with E-state index in [1.807, 2.05) is 61.5 Å². The quantitative estimate of drug-likeness (QED) is 0.745. The van der Waals surface area contributed by atoms with Gasteiger partial charge in [-0.15, -0.1) is 0 Å². The van der Waals surface area contributed by atoms with Crippen molar-refractivity contribution >= 4 is 11.8 Å². The Labute approximate surface area is 140 Å². The molecule has 0 spiro atoms. The summed E-state index contributed by atoms with van der Waals surface area (Å²) < 4.78 is 6.74. The molecule has 5 heteroatoms. The maximum Gasteiger partial charge on any atom is 0.344 e. The Hall–Kier alpha value is -3.08. The van der Waals surface area contributed by atoms with Crippen LogP contribution in [0, 0.1) is 6.92 Å². The summed E-state index contributed by atoms with van der Waals surface area (Å²) >= 11 is 0. The lowest BCUT2D eigenvalue weighted by Crippen LogP contribution is -2.09. The van der Waals surface area contributed by atoms with Crippen LogP contribution in [-0.2, 0) is 4.74 Å². The summed E-state index contributed by atoms with van der Waals surface area (Å²) in [6.07, 6.45) is 0. The van der Waals surface area contributed by atoms with Crippen molar-refractivity contribution in [1.82, 2.24) is 9.78 Å². The first-order valence-electron chi connectivity index (χ1n) is 7.80. The number of benzene rings is 2. The molecule has 24 heavy (non-hydrogen) atoms. The fraction of sp³-hybridized carbons (Fsp3) is 0.158. The number of nitrogen functional groups attached to an aromatic ring is 1. The van der Waals surface area contributed by atoms with Gasteiger partial charge in [-0.3, -0.25) is 0 Å². The zero-order valence-electron chi connectivity index (χ0n) is 13.7. The molecule has 0 saturated carbocycles. The zero-order valence-corrected chi connectivity index (χ0v) is 13.7. The first-order valence-corrected chi connectivity index (χ1v) is 7.80. The van der Waals surface area contributed by atoms with Crippen molar-refractivity contribution in [1.29, 1.82) is 0 Å². The lowest BCUT2D eigenvalue weighted by atomic mass is 10.1. The van der Waals surface area contributed by atoms with Gasteiger partial charge in [0.2, 0.25) is 0 Å². The second kappa shape index (κ2) is 6.58. The second-order valence-corrected chi connectivity index (χ2v) is 5.44. The molecule has 0 radical (unpaired) electrons. The summed E-state index contributed by atoms with van der Waals surface area (Å²) in [6, 6.07) is 17.3. The lowest BCUT2D eigenvalue weighted by Gasteiger charge is -2.05. The standard InChI is InChI=1S/C19H19N3O2/c1-3-24-19(23)16-17(14-11-9-13(2)10-12-14)21-22(18(16)20)15-7-5-4-6-8-15/h4-12H,3,20H2,1-2H3. The third-order valence-corrected chi connectivity index (χ3v) is 3.73. The van der Waals surface area contributed by atoms with E-state index in [4.69, 9.17) is 10.5 Å². The number of para-hydroxylation sites is 1. The fourth-order valence-electron chi connectivity index (χ4n) is 2.52. The van der Waals surface area contributed by atoms with Crippen molar-refractivity contribution in [3.63, 3.8) is 0 Å². The van der Waals surface area contributed by atoms with E-state index < -0.39 is 5.97 Å².